The quantitative estimate of drug-likeness (QED) is 0.110. The van der Waals surface area contributed by atoms with Crippen molar-refractivity contribution in [2.75, 3.05) is 12.4 Å². The highest BCUT2D eigenvalue weighted by Crippen LogP contribution is 2.53. The zero-order chi connectivity index (χ0) is 41.3. The van der Waals surface area contributed by atoms with E-state index in [1.165, 1.54) is 55.6 Å². The molecule has 1 saturated heterocycles. The molecule has 1 fully saturated rings. The first-order valence-electron chi connectivity index (χ1n) is 17.5. The van der Waals surface area contributed by atoms with Crippen LogP contribution < -0.4 is 15.4 Å². The number of esters is 1. The van der Waals surface area contributed by atoms with Gasteiger partial charge < -0.3 is 20.1 Å². The maximum Gasteiger partial charge on any atom is 0.466 e. The van der Waals surface area contributed by atoms with Gasteiger partial charge in [-0.2, -0.15) is 5.26 Å². The minimum absolute atomic E-state index is 0.0129. The predicted octanol–water partition coefficient (Wildman–Crippen LogP) is 9.45. The minimum atomic E-state index is -2.25. The molecule has 1 amide bonds. The zero-order valence-electron chi connectivity index (χ0n) is 32.5. The summed E-state index contributed by atoms with van der Waals surface area (Å²) in [6.07, 6.45) is -1.97. The molecule has 15 heteroatoms. The van der Waals surface area contributed by atoms with Crippen molar-refractivity contribution in [2.24, 2.45) is 5.41 Å². The van der Waals surface area contributed by atoms with Gasteiger partial charge in [0.1, 0.15) is 22.8 Å². The molecule has 5 atom stereocenters. The van der Waals surface area contributed by atoms with Crippen LogP contribution >= 0.6 is 32.7 Å². The van der Waals surface area contributed by atoms with Crippen LogP contribution in [0.5, 0.6) is 5.75 Å². The lowest BCUT2D eigenvalue weighted by atomic mass is 9.62. The summed E-state index contributed by atoms with van der Waals surface area (Å²) in [5.41, 5.74) is -4.02. The Labute approximate surface area is 333 Å². The van der Waals surface area contributed by atoms with E-state index in [1.807, 2.05) is 30.2 Å². The molecule has 10 nitrogen and oxygen atoms in total. The van der Waals surface area contributed by atoms with Crippen LogP contribution in [0, 0.1) is 28.4 Å². The van der Waals surface area contributed by atoms with E-state index in [0.29, 0.717) is 0 Å². The number of rotatable bonds is 11. The van der Waals surface area contributed by atoms with E-state index >= 15 is 8.78 Å². The van der Waals surface area contributed by atoms with Crippen molar-refractivity contribution in [1.82, 2.24) is 5.32 Å². The van der Waals surface area contributed by atoms with Gasteiger partial charge in [0.25, 0.3) is 0 Å². The molecule has 55 heavy (non-hydrogen) atoms. The first kappa shape index (κ1) is 44.3. The summed E-state index contributed by atoms with van der Waals surface area (Å²) in [6.45, 7) is 16.2. The summed E-state index contributed by atoms with van der Waals surface area (Å²) in [7, 11) is 3.33. The Kier molecular flexibility index (Phi) is 13.4. The van der Waals surface area contributed by atoms with Crippen molar-refractivity contribution < 1.29 is 41.8 Å². The third-order valence-electron chi connectivity index (χ3n) is 8.65. The van der Waals surface area contributed by atoms with Crippen LogP contribution in [-0.2, 0) is 28.9 Å². The van der Waals surface area contributed by atoms with E-state index in [1.54, 1.807) is 41.5 Å². The monoisotopic (exact) mass is 821 g/mol. The van der Waals surface area contributed by atoms with E-state index < -0.39 is 69.7 Å². The average molecular weight is 823 g/mol. The van der Waals surface area contributed by atoms with Gasteiger partial charge in [0, 0.05) is 32.0 Å². The zero-order valence-corrected chi connectivity index (χ0v) is 35.2. The second-order valence-electron chi connectivity index (χ2n) is 16.5. The smallest absolute Gasteiger partial charge is 0.466 e. The van der Waals surface area contributed by atoms with Crippen LogP contribution in [0.4, 0.5) is 14.5 Å². The summed E-state index contributed by atoms with van der Waals surface area (Å²) >= 11 is 12.4. The number of anilines is 1. The topological polar surface area (TPSA) is 128 Å². The van der Waals surface area contributed by atoms with E-state index in [9.17, 15) is 14.9 Å². The lowest BCUT2D eigenvalue weighted by molar-refractivity contribution is -0.486. The van der Waals surface area contributed by atoms with Gasteiger partial charge in [-0.3, -0.25) is 18.8 Å². The Hall–Kier alpha value is -3.40. The molecule has 0 spiro atoms. The number of halogens is 4. The van der Waals surface area contributed by atoms with Crippen LogP contribution in [-0.4, -0.2) is 48.4 Å². The largest absolute Gasteiger partial charge is 0.495 e. The summed E-state index contributed by atoms with van der Waals surface area (Å²) in [5.74, 6) is -4.49. The number of carbonyl (C=O) groups is 2. The number of nitrogens with one attached hydrogen (secondary N) is 2. The third kappa shape index (κ3) is 10.1. The maximum absolute atomic E-state index is 16.1. The maximum atomic E-state index is 16.1. The fourth-order valence-electron chi connectivity index (χ4n) is 6.75. The molecule has 1 aliphatic heterocycles. The van der Waals surface area contributed by atoms with Crippen LogP contribution in [0.15, 0.2) is 54.6 Å². The number of amides is 1. The highest BCUT2D eigenvalue weighted by atomic mass is 35.5. The second-order valence-corrected chi connectivity index (χ2v) is 17.6. The minimum Gasteiger partial charge on any atom is -0.495 e. The molecular weight excluding hydrogens is 774 g/mol. The van der Waals surface area contributed by atoms with E-state index in [0.717, 1.165) is 6.07 Å². The van der Waals surface area contributed by atoms with Gasteiger partial charge in [-0.25, -0.2) is 13.6 Å². The van der Waals surface area contributed by atoms with Crippen molar-refractivity contribution in [1.29, 1.82) is 5.26 Å². The standard InChI is InChI=1S/C40H48Cl2F2N3O7P/c1-36(2,3)20-30-39(21-45,25-16-15-23(41)19-27(25)43)31(24-12-11-13-26(42)32(24)44)33(47-30)34(48)46-28-17-14-22(18-29(28)50-10)35(49)51-40(54-55,52-37(4,5)6)53-38(7,8)9/h11-19,30-31,33,47H,20,55H2,1-10H3,(H,46,48)/t30-,31-,33+,39-/m0/s1. The second kappa shape index (κ2) is 16.6. The van der Waals surface area contributed by atoms with Gasteiger partial charge in [-0.15, -0.1) is 0 Å². The van der Waals surface area contributed by atoms with Gasteiger partial charge in [0.15, 0.2) is 0 Å². The van der Waals surface area contributed by atoms with Crippen molar-refractivity contribution in [3.63, 3.8) is 0 Å². The average Bonchev–Trinajstić information content (AvgIpc) is 3.37. The summed E-state index contributed by atoms with van der Waals surface area (Å²) in [5, 5.41) is 17.1. The number of nitrogens with zero attached hydrogens (tertiary/aromatic N) is 1. The molecule has 1 heterocycles. The first-order chi connectivity index (χ1) is 25.4. The number of ether oxygens (including phenoxy) is 4. The molecule has 3 aromatic rings. The highest BCUT2D eigenvalue weighted by molar-refractivity contribution is 7.09. The van der Waals surface area contributed by atoms with Gasteiger partial charge in [0.05, 0.1) is 46.7 Å². The van der Waals surface area contributed by atoms with Crippen molar-refractivity contribution in [3.05, 3.63) is 93.0 Å². The summed E-state index contributed by atoms with van der Waals surface area (Å²) in [6, 6.07) is 12.5. The van der Waals surface area contributed by atoms with Crippen molar-refractivity contribution in [2.45, 2.75) is 110 Å². The fraction of sp³-hybridized carbons (Fsp3) is 0.475. The Bertz CT molecular complexity index is 1940. The fourth-order valence-corrected chi connectivity index (χ4v) is 7.23. The van der Waals surface area contributed by atoms with Gasteiger partial charge >= 0.3 is 12.1 Å². The summed E-state index contributed by atoms with van der Waals surface area (Å²) in [4.78, 5) is 28.1. The van der Waals surface area contributed by atoms with Crippen LogP contribution in [0.25, 0.3) is 0 Å². The number of benzene rings is 3. The lowest BCUT2D eigenvalue weighted by Gasteiger charge is -2.39. The van der Waals surface area contributed by atoms with Gasteiger partial charge in [-0.05, 0) is 95.3 Å². The molecule has 0 aromatic heterocycles. The Morgan fingerprint density at radius 2 is 1.60 bits per heavy atom. The van der Waals surface area contributed by atoms with Crippen molar-refractivity contribution in [3.8, 4) is 11.8 Å². The van der Waals surface area contributed by atoms with Crippen LogP contribution in [0.3, 0.4) is 0 Å². The molecule has 0 aliphatic carbocycles. The molecule has 4 rings (SSSR count). The molecule has 1 aliphatic rings. The van der Waals surface area contributed by atoms with E-state index in [-0.39, 0.29) is 44.6 Å². The molecule has 2 N–H and O–H groups in total. The van der Waals surface area contributed by atoms with E-state index in [4.69, 9.17) is 46.7 Å². The Morgan fingerprint density at radius 3 is 2.13 bits per heavy atom. The lowest BCUT2D eigenvalue weighted by Crippen LogP contribution is -2.50. The Balaban J connectivity index is 1.80. The molecule has 298 valence electrons. The van der Waals surface area contributed by atoms with Gasteiger partial charge in [0.2, 0.25) is 5.91 Å². The van der Waals surface area contributed by atoms with Crippen LogP contribution in [0.2, 0.25) is 10.0 Å². The number of nitriles is 1. The highest BCUT2D eigenvalue weighted by Gasteiger charge is 2.61. The third-order valence-corrected chi connectivity index (χ3v) is 9.47. The number of carbonyl (C=O) groups excluding carboxylic acids is 2. The SMILES string of the molecule is COc1cc(C(=O)OC(OP)(OC(C)(C)C)OC(C)(C)C)ccc1NC(=O)[C@@H]1N[C@@H](CC(C)(C)C)[C@](C#N)(c2ccc(Cl)cc2F)[C@H]1c1cccc(Cl)c1F. The van der Waals surface area contributed by atoms with Crippen molar-refractivity contribution >= 4 is 50.2 Å². The first-order valence-corrected chi connectivity index (χ1v) is 18.7. The molecular formula is C40H48Cl2F2N3O7P. The molecule has 0 saturated carbocycles. The normalized spacial score (nSPS) is 20.5. The number of methoxy groups -OCH3 is 1. The molecule has 1 unspecified atom stereocenters. The number of hydrogen-bond donors (Lipinski definition) is 2. The molecule has 0 bridgehead atoms. The number of hydrogen-bond acceptors (Lipinski definition) is 9. The predicted molar refractivity (Wildman–Crippen MR) is 210 cm³/mol. The van der Waals surface area contributed by atoms with E-state index in [2.05, 4.69) is 16.7 Å². The molecule has 0 radical (unpaired) electrons. The van der Waals surface area contributed by atoms with Gasteiger partial charge in [-0.1, -0.05) is 62.2 Å². The van der Waals surface area contributed by atoms with Crippen LogP contribution in [0.1, 0.15) is 96.1 Å². The summed E-state index contributed by atoms with van der Waals surface area (Å²) < 4.78 is 60.6. The Morgan fingerprint density at radius 1 is 0.964 bits per heavy atom. The molecule has 3 aromatic carbocycles.